The van der Waals surface area contributed by atoms with E-state index in [1.807, 2.05) is 43.7 Å². The molecule has 1 saturated heterocycles. The molecule has 5 heteroatoms. The van der Waals surface area contributed by atoms with Crippen LogP contribution in [0.1, 0.15) is 38.8 Å². The Morgan fingerprint density at radius 2 is 2.04 bits per heavy atom. The second-order valence-corrected chi connectivity index (χ2v) is 7.97. The van der Waals surface area contributed by atoms with Crippen LogP contribution in [0.3, 0.4) is 0 Å². The molecule has 1 aliphatic carbocycles. The number of aryl methyl sites for hydroxylation is 1. The molecule has 0 bridgehead atoms. The van der Waals surface area contributed by atoms with Crippen LogP contribution in [0.5, 0.6) is 0 Å². The highest BCUT2D eigenvalue weighted by Gasteiger charge is 2.48. The van der Waals surface area contributed by atoms with E-state index in [-0.39, 0.29) is 11.4 Å². The summed E-state index contributed by atoms with van der Waals surface area (Å²) in [5.74, 6) is 0.0846. The summed E-state index contributed by atoms with van der Waals surface area (Å²) in [4.78, 5) is 20.1. The maximum Gasteiger partial charge on any atom is 0.246 e. The van der Waals surface area contributed by atoms with Crippen molar-refractivity contribution in [3.63, 3.8) is 0 Å². The lowest BCUT2D eigenvalue weighted by molar-refractivity contribution is -0.129. The number of nitrogens with one attached hydrogen (secondary N) is 1. The quantitative estimate of drug-likeness (QED) is 0.918. The van der Waals surface area contributed by atoms with Gasteiger partial charge in [0.05, 0.1) is 5.54 Å². The minimum atomic E-state index is -0.660. The zero-order chi connectivity index (χ0) is 16.9. The van der Waals surface area contributed by atoms with Crippen LogP contribution in [0.15, 0.2) is 24.4 Å². The summed E-state index contributed by atoms with van der Waals surface area (Å²) < 4.78 is 2.00. The molecule has 0 spiro atoms. The third kappa shape index (κ3) is 2.61. The van der Waals surface area contributed by atoms with Gasteiger partial charge < -0.3 is 14.8 Å². The van der Waals surface area contributed by atoms with Crippen molar-refractivity contribution < 1.29 is 4.79 Å². The van der Waals surface area contributed by atoms with E-state index in [9.17, 15) is 4.79 Å². The number of amides is 1. The number of rotatable bonds is 5. The predicted octanol–water partition coefficient (Wildman–Crippen LogP) is 2.43. The molecule has 24 heavy (non-hydrogen) atoms. The number of aromatic nitrogens is 2. The molecule has 0 atom stereocenters. The Labute approximate surface area is 143 Å². The molecular weight excluding hydrogens is 300 g/mol. The smallest absolute Gasteiger partial charge is 0.246 e. The molecule has 1 saturated carbocycles. The number of fused-ring (bicyclic) bond motifs is 1. The van der Waals surface area contributed by atoms with Gasteiger partial charge in [0.15, 0.2) is 0 Å². The molecule has 2 aromatic rings. The molecule has 2 aromatic heterocycles. The van der Waals surface area contributed by atoms with Gasteiger partial charge in [-0.1, -0.05) is 0 Å². The molecule has 0 radical (unpaired) electrons. The van der Waals surface area contributed by atoms with Gasteiger partial charge in [0.2, 0.25) is 5.91 Å². The molecule has 1 amide bonds. The number of hydrogen-bond acceptors (Lipinski definition) is 3. The standard InChI is InChI=1S/C19H26N4O/c1-14-5-6-15-7-12-23(16(15)20-14)18(2,3)17(24)21-19(8-9-19)13-22-10-4-11-22/h5-7,12H,4,8-11,13H2,1-3H3,(H,21,24). The highest BCUT2D eigenvalue weighted by Crippen LogP contribution is 2.38. The van der Waals surface area contributed by atoms with Crippen LogP contribution in [-0.2, 0) is 10.3 Å². The second-order valence-electron chi connectivity index (χ2n) is 7.97. The molecule has 1 N–H and O–H groups in total. The van der Waals surface area contributed by atoms with Crippen LogP contribution in [0.2, 0.25) is 0 Å². The topological polar surface area (TPSA) is 50.2 Å². The molecule has 5 nitrogen and oxygen atoms in total. The van der Waals surface area contributed by atoms with E-state index in [2.05, 4.69) is 21.3 Å². The molecule has 0 aromatic carbocycles. The molecule has 3 heterocycles. The van der Waals surface area contributed by atoms with Gasteiger partial charge >= 0.3 is 0 Å². The summed E-state index contributed by atoms with van der Waals surface area (Å²) in [5.41, 5.74) is 1.19. The molecule has 1 aliphatic heterocycles. The van der Waals surface area contributed by atoms with Crippen molar-refractivity contribution in [3.05, 3.63) is 30.1 Å². The highest BCUT2D eigenvalue weighted by atomic mass is 16.2. The van der Waals surface area contributed by atoms with Gasteiger partial charge in [-0.2, -0.15) is 0 Å². The van der Waals surface area contributed by atoms with Crippen LogP contribution in [0, 0.1) is 6.92 Å². The highest BCUT2D eigenvalue weighted by molar-refractivity contribution is 5.87. The molecule has 2 aliphatic rings. The van der Waals surface area contributed by atoms with Crippen LogP contribution in [0.25, 0.3) is 11.0 Å². The predicted molar refractivity (Wildman–Crippen MR) is 95.0 cm³/mol. The van der Waals surface area contributed by atoms with Crippen molar-refractivity contribution in [2.45, 2.75) is 51.1 Å². The summed E-state index contributed by atoms with van der Waals surface area (Å²) >= 11 is 0. The number of carbonyl (C=O) groups is 1. The van der Waals surface area contributed by atoms with Gasteiger partial charge in [0, 0.05) is 23.8 Å². The largest absolute Gasteiger partial charge is 0.347 e. The van der Waals surface area contributed by atoms with Crippen molar-refractivity contribution in [2.24, 2.45) is 0 Å². The third-order valence-electron chi connectivity index (χ3n) is 5.54. The number of hydrogen-bond donors (Lipinski definition) is 1. The third-order valence-corrected chi connectivity index (χ3v) is 5.54. The van der Waals surface area contributed by atoms with Gasteiger partial charge in [-0.05, 0) is 71.3 Å². The van der Waals surface area contributed by atoms with E-state index in [4.69, 9.17) is 0 Å². The number of carbonyl (C=O) groups excluding carboxylic acids is 1. The van der Waals surface area contributed by atoms with E-state index in [0.717, 1.165) is 36.1 Å². The Morgan fingerprint density at radius 1 is 1.29 bits per heavy atom. The van der Waals surface area contributed by atoms with E-state index < -0.39 is 5.54 Å². The van der Waals surface area contributed by atoms with E-state index in [1.54, 1.807) is 0 Å². The lowest BCUT2D eigenvalue weighted by Crippen LogP contribution is -2.54. The first-order valence-corrected chi connectivity index (χ1v) is 8.90. The van der Waals surface area contributed by atoms with Crippen LogP contribution in [-0.4, -0.2) is 45.5 Å². The van der Waals surface area contributed by atoms with Gasteiger partial charge in [-0.25, -0.2) is 4.98 Å². The molecular formula is C19H26N4O. The molecule has 4 rings (SSSR count). The molecule has 128 valence electrons. The number of nitrogens with zero attached hydrogens (tertiary/aromatic N) is 3. The van der Waals surface area contributed by atoms with Gasteiger partial charge in [-0.15, -0.1) is 0 Å². The minimum absolute atomic E-state index is 0.00107. The average Bonchev–Trinajstić information content (AvgIpc) is 3.11. The van der Waals surface area contributed by atoms with Crippen molar-refractivity contribution in [1.29, 1.82) is 0 Å². The first-order chi connectivity index (χ1) is 11.4. The summed E-state index contributed by atoms with van der Waals surface area (Å²) in [7, 11) is 0. The normalized spacial score (nSPS) is 20.0. The van der Waals surface area contributed by atoms with E-state index >= 15 is 0 Å². The summed E-state index contributed by atoms with van der Waals surface area (Å²) in [5, 5.41) is 4.42. The lowest BCUT2D eigenvalue weighted by atomic mass is 10.0. The van der Waals surface area contributed by atoms with Gasteiger partial charge in [0.25, 0.3) is 0 Å². The maximum absolute atomic E-state index is 13.1. The fraction of sp³-hybridized carbons (Fsp3) is 0.579. The Hall–Kier alpha value is -1.88. The zero-order valence-electron chi connectivity index (χ0n) is 14.8. The lowest BCUT2D eigenvalue weighted by Gasteiger charge is -2.36. The Morgan fingerprint density at radius 3 is 2.67 bits per heavy atom. The van der Waals surface area contributed by atoms with Crippen molar-refractivity contribution in [3.8, 4) is 0 Å². The SMILES string of the molecule is Cc1ccc2ccn(C(C)(C)C(=O)NC3(CN4CCC4)CC3)c2n1. The average molecular weight is 326 g/mol. The van der Waals surface area contributed by atoms with Crippen LogP contribution < -0.4 is 5.32 Å². The van der Waals surface area contributed by atoms with Gasteiger partial charge in [0.1, 0.15) is 11.2 Å². The molecule has 2 fully saturated rings. The number of pyridine rings is 1. The summed E-state index contributed by atoms with van der Waals surface area (Å²) in [6.07, 6.45) is 5.45. The van der Waals surface area contributed by atoms with Crippen LogP contribution >= 0.6 is 0 Å². The maximum atomic E-state index is 13.1. The Bertz CT molecular complexity index is 784. The summed E-state index contributed by atoms with van der Waals surface area (Å²) in [6.45, 7) is 9.28. The number of likely N-dealkylation sites (tertiary alicyclic amines) is 1. The van der Waals surface area contributed by atoms with Crippen molar-refractivity contribution in [1.82, 2.24) is 19.8 Å². The van der Waals surface area contributed by atoms with Gasteiger partial charge in [-0.3, -0.25) is 4.79 Å². The van der Waals surface area contributed by atoms with Crippen molar-refractivity contribution in [2.75, 3.05) is 19.6 Å². The summed E-state index contributed by atoms with van der Waals surface area (Å²) in [6, 6.07) is 6.10. The van der Waals surface area contributed by atoms with Crippen LogP contribution in [0.4, 0.5) is 0 Å². The Balaban J connectivity index is 1.56. The molecule has 0 unspecified atom stereocenters. The minimum Gasteiger partial charge on any atom is -0.347 e. The van der Waals surface area contributed by atoms with E-state index in [0.29, 0.717) is 0 Å². The van der Waals surface area contributed by atoms with E-state index in [1.165, 1.54) is 19.5 Å². The second kappa shape index (κ2) is 5.31. The first-order valence-electron chi connectivity index (χ1n) is 8.90. The first kappa shape index (κ1) is 15.6. The fourth-order valence-electron chi connectivity index (χ4n) is 3.50. The fourth-order valence-corrected chi connectivity index (χ4v) is 3.50. The zero-order valence-corrected chi connectivity index (χ0v) is 14.8. The monoisotopic (exact) mass is 326 g/mol. The Kier molecular flexibility index (Phi) is 3.46. The van der Waals surface area contributed by atoms with Crippen molar-refractivity contribution >= 4 is 16.9 Å².